The predicted octanol–water partition coefficient (Wildman–Crippen LogP) is 2.48. The molecule has 1 atom stereocenters. The van der Waals surface area contributed by atoms with E-state index in [0.29, 0.717) is 17.7 Å². The smallest absolute Gasteiger partial charge is 0.133 e. The number of hydrogen-bond donors (Lipinski definition) is 2. The lowest BCUT2D eigenvalue weighted by atomic mass is 9.89. The molecule has 1 unspecified atom stereocenters. The van der Waals surface area contributed by atoms with E-state index in [0.717, 1.165) is 6.54 Å². The monoisotopic (exact) mass is 223 g/mol. The molecule has 90 valence electrons. The summed E-state index contributed by atoms with van der Waals surface area (Å²) in [6.07, 6.45) is 6.36. The first-order valence-electron chi connectivity index (χ1n) is 6.12. The maximum absolute atomic E-state index is 9.81. The van der Waals surface area contributed by atoms with Crippen LogP contribution in [0.5, 0.6) is 0 Å². The lowest BCUT2D eigenvalue weighted by Crippen LogP contribution is -2.32. The molecule has 0 aromatic carbocycles. The third kappa shape index (κ3) is 2.86. The molecule has 1 aliphatic rings. The molecule has 0 amide bonds. The van der Waals surface area contributed by atoms with E-state index >= 15 is 0 Å². The summed E-state index contributed by atoms with van der Waals surface area (Å²) in [7, 11) is 0. The topological polar surface area (TPSA) is 45.4 Å². The lowest BCUT2D eigenvalue weighted by Gasteiger charge is -2.24. The number of hydrogen-bond acceptors (Lipinski definition) is 3. The van der Waals surface area contributed by atoms with E-state index in [9.17, 15) is 5.11 Å². The lowest BCUT2D eigenvalue weighted by molar-refractivity contribution is 0.142. The maximum Gasteiger partial charge on any atom is 0.133 e. The Hall–Kier alpha value is -0.800. The van der Waals surface area contributed by atoms with Crippen LogP contribution in [-0.2, 0) is 0 Å². The fourth-order valence-corrected chi connectivity index (χ4v) is 2.50. The number of nitrogens with one attached hydrogen (secondary N) is 1. The average molecular weight is 223 g/mol. The van der Waals surface area contributed by atoms with Crippen molar-refractivity contribution in [3.63, 3.8) is 0 Å². The van der Waals surface area contributed by atoms with Crippen LogP contribution in [0.2, 0.25) is 0 Å². The van der Waals surface area contributed by atoms with Gasteiger partial charge in [-0.05, 0) is 30.4 Å². The van der Waals surface area contributed by atoms with Crippen molar-refractivity contribution in [1.29, 1.82) is 0 Å². The van der Waals surface area contributed by atoms with Gasteiger partial charge >= 0.3 is 0 Å². The molecule has 0 saturated heterocycles. The minimum atomic E-state index is -0.528. The highest BCUT2D eigenvalue weighted by Gasteiger charge is 2.28. The van der Waals surface area contributed by atoms with Crippen LogP contribution in [-0.4, -0.2) is 18.2 Å². The van der Waals surface area contributed by atoms with E-state index < -0.39 is 6.10 Å². The summed E-state index contributed by atoms with van der Waals surface area (Å²) in [6.45, 7) is 3.89. The van der Waals surface area contributed by atoms with Crippen molar-refractivity contribution >= 4 is 0 Å². The van der Waals surface area contributed by atoms with Crippen molar-refractivity contribution in [2.24, 2.45) is 5.41 Å². The summed E-state index contributed by atoms with van der Waals surface area (Å²) >= 11 is 0. The van der Waals surface area contributed by atoms with Crippen molar-refractivity contribution in [1.82, 2.24) is 5.32 Å². The zero-order chi connectivity index (χ0) is 11.4. The summed E-state index contributed by atoms with van der Waals surface area (Å²) in [5.74, 6) is 0.643. The SMILES string of the molecule is CC1(CNCC(O)c2ccco2)CCCC1. The average Bonchev–Trinajstić information content (AvgIpc) is 2.88. The molecular formula is C13H21NO2. The maximum atomic E-state index is 9.81. The Morgan fingerprint density at radius 1 is 1.50 bits per heavy atom. The van der Waals surface area contributed by atoms with Gasteiger partial charge in [-0.3, -0.25) is 0 Å². The quantitative estimate of drug-likeness (QED) is 0.806. The van der Waals surface area contributed by atoms with E-state index in [1.165, 1.54) is 25.7 Å². The molecule has 1 aromatic rings. The number of aliphatic hydroxyl groups excluding tert-OH is 1. The standard InChI is InChI=1S/C13H21NO2/c1-13(6-2-3-7-13)10-14-9-11(15)12-5-4-8-16-12/h4-5,8,11,14-15H,2-3,6-7,9-10H2,1H3. The first-order valence-corrected chi connectivity index (χ1v) is 6.12. The van der Waals surface area contributed by atoms with Crippen LogP contribution < -0.4 is 5.32 Å². The zero-order valence-corrected chi connectivity index (χ0v) is 9.91. The number of aliphatic hydroxyl groups is 1. The van der Waals surface area contributed by atoms with Crippen LogP contribution in [0, 0.1) is 5.41 Å². The van der Waals surface area contributed by atoms with Crippen molar-refractivity contribution in [2.75, 3.05) is 13.1 Å². The summed E-state index contributed by atoms with van der Waals surface area (Å²) < 4.78 is 5.15. The minimum absolute atomic E-state index is 0.433. The molecule has 1 heterocycles. The molecule has 0 bridgehead atoms. The van der Waals surface area contributed by atoms with E-state index in [4.69, 9.17) is 4.42 Å². The molecule has 1 fully saturated rings. The highest BCUT2D eigenvalue weighted by atomic mass is 16.4. The molecule has 1 aliphatic carbocycles. The molecule has 2 rings (SSSR count). The van der Waals surface area contributed by atoms with Gasteiger partial charge < -0.3 is 14.8 Å². The molecule has 2 N–H and O–H groups in total. The fourth-order valence-electron chi connectivity index (χ4n) is 2.50. The molecule has 3 nitrogen and oxygen atoms in total. The van der Waals surface area contributed by atoms with Gasteiger partial charge in [0.1, 0.15) is 11.9 Å². The second-order valence-electron chi connectivity index (χ2n) is 5.18. The van der Waals surface area contributed by atoms with Crippen LogP contribution in [0.25, 0.3) is 0 Å². The highest BCUT2D eigenvalue weighted by Crippen LogP contribution is 2.36. The van der Waals surface area contributed by atoms with Crippen molar-refractivity contribution in [3.05, 3.63) is 24.2 Å². The van der Waals surface area contributed by atoms with Crippen LogP contribution in [0.15, 0.2) is 22.8 Å². The second kappa shape index (κ2) is 5.02. The van der Waals surface area contributed by atoms with Crippen molar-refractivity contribution < 1.29 is 9.52 Å². The Bertz CT molecular complexity index is 302. The van der Waals surface area contributed by atoms with Gasteiger partial charge in [0.25, 0.3) is 0 Å². The summed E-state index contributed by atoms with van der Waals surface area (Å²) in [5, 5.41) is 13.2. The van der Waals surface area contributed by atoms with Gasteiger partial charge in [-0.2, -0.15) is 0 Å². The van der Waals surface area contributed by atoms with Gasteiger partial charge in [0.05, 0.1) is 6.26 Å². The summed E-state index contributed by atoms with van der Waals surface area (Å²) in [6, 6.07) is 3.61. The number of rotatable bonds is 5. The van der Waals surface area contributed by atoms with E-state index in [-0.39, 0.29) is 0 Å². The molecule has 3 heteroatoms. The van der Waals surface area contributed by atoms with Gasteiger partial charge in [0.2, 0.25) is 0 Å². The van der Waals surface area contributed by atoms with Gasteiger partial charge in [0, 0.05) is 13.1 Å². The molecular weight excluding hydrogens is 202 g/mol. The first kappa shape index (κ1) is 11.7. The van der Waals surface area contributed by atoms with Crippen LogP contribution in [0.4, 0.5) is 0 Å². The van der Waals surface area contributed by atoms with Gasteiger partial charge in [0.15, 0.2) is 0 Å². The molecule has 0 spiro atoms. The third-order valence-electron chi connectivity index (χ3n) is 3.57. The fraction of sp³-hybridized carbons (Fsp3) is 0.692. The van der Waals surface area contributed by atoms with Gasteiger partial charge in [-0.1, -0.05) is 19.8 Å². The highest BCUT2D eigenvalue weighted by molar-refractivity contribution is 5.02. The molecule has 16 heavy (non-hydrogen) atoms. The van der Waals surface area contributed by atoms with Crippen LogP contribution in [0.1, 0.15) is 44.5 Å². The van der Waals surface area contributed by atoms with E-state index in [1.807, 2.05) is 6.07 Å². The Morgan fingerprint density at radius 2 is 2.25 bits per heavy atom. The molecule has 0 radical (unpaired) electrons. The molecule has 1 saturated carbocycles. The minimum Gasteiger partial charge on any atom is -0.467 e. The first-order chi connectivity index (χ1) is 7.70. The van der Waals surface area contributed by atoms with E-state index in [2.05, 4.69) is 12.2 Å². The Balaban J connectivity index is 1.72. The van der Waals surface area contributed by atoms with Crippen LogP contribution in [0.3, 0.4) is 0 Å². The predicted molar refractivity (Wildman–Crippen MR) is 63.1 cm³/mol. The normalized spacial score (nSPS) is 21.1. The Labute approximate surface area is 96.8 Å². The zero-order valence-electron chi connectivity index (χ0n) is 9.91. The van der Waals surface area contributed by atoms with E-state index in [1.54, 1.807) is 12.3 Å². The van der Waals surface area contributed by atoms with Crippen molar-refractivity contribution in [2.45, 2.75) is 38.7 Å². The van der Waals surface area contributed by atoms with Crippen LogP contribution >= 0.6 is 0 Å². The number of furan rings is 1. The van der Waals surface area contributed by atoms with Gasteiger partial charge in [-0.15, -0.1) is 0 Å². The molecule has 0 aliphatic heterocycles. The largest absolute Gasteiger partial charge is 0.467 e. The Kier molecular flexibility index (Phi) is 3.66. The Morgan fingerprint density at radius 3 is 2.88 bits per heavy atom. The summed E-state index contributed by atoms with van der Waals surface area (Å²) in [5.41, 5.74) is 0.433. The van der Waals surface area contributed by atoms with Gasteiger partial charge in [-0.25, -0.2) is 0 Å². The second-order valence-corrected chi connectivity index (χ2v) is 5.18. The van der Waals surface area contributed by atoms with Crippen molar-refractivity contribution in [3.8, 4) is 0 Å². The summed E-state index contributed by atoms with van der Waals surface area (Å²) in [4.78, 5) is 0. The third-order valence-corrected chi connectivity index (χ3v) is 3.57. The molecule has 1 aromatic heterocycles.